The Labute approximate surface area is 239 Å². The molecule has 0 unspecified atom stereocenters. The van der Waals surface area contributed by atoms with Crippen LogP contribution in [0.3, 0.4) is 0 Å². The SMILES string of the molecule is COc1ccc(C(=O)CCCCCC(=O)C[C@@H](Cc2ccc(OCc3ccccc3)cc2)CN2CCCC2)cc1. The molecule has 0 aromatic heterocycles. The highest BCUT2D eigenvalue weighted by atomic mass is 16.5. The van der Waals surface area contributed by atoms with E-state index >= 15 is 0 Å². The summed E-state index contributed by atoms with van der Waals surface area (Å²) < 4.78 is 11.1. The number of carbonyl (C=O) groups excluding carboxylic acids is 2. The van der Waals surface area contributed by atoms with Gasteiger partial charge in [-0.2, -0.15) is 0 Å². The van der Waals surface area contributed by atoms with Crippen molar-refractivity contribution in [1.29, 1.82) is 0 Å². The van der Waals surface area contributed by atoms with Crippen LogP contribution in [0.25, 0.3) is 0 Å². The van der Waals surface area contributed by atoms with E-state index in [0.29, 0.717) is 37.6 Å². The lowest BCUT2D eigenvalue weighted by molar-refractivity contribution is -0.120. The highest BCUT2D eigenvalue weighted by Crippen LogP contribution is 2.22. The monoisotopic (exact) mass is 541 g/mol. The van der Waals surface area contributed by atoms with Crippen LogP contribution in [0.15, 0.2) is 78.9 Å². The zero-order chi connectivity index (χ0) is 28.0. The standard InChI is InChI=1S/C35H43NO4/c1-39-33-20-16-31(17-21-33)35(38)13-7-3-6-12-32(37)25-30(26-36-22-8-9-23-36)24-28-14-18-34(19-15-28)40-27-29-10-4-2-5-11-29/h2,4-5,10-11,14-21,30H,3,6-9,12-13,22-27H2,1H3/t30-/m1/s1. The smallest absolute Gasteiger partial charge is 0.162 e. The molecule has 0 spiro atoms. The van der Waals surface area contributed by atoms with Crippen LogP contribution in [-0.2, 0) is 17.8 Å². The fourth-order valence-corrected chi connectivity index (χ4v) is 5.46. The average molecular weight is 542 g/mol. The minimum Gasteiger partial charge on any atom is -0.497 e. The molecule has 0 aliphatic carbocycles. The molecule has 40 heavy (non-hydrogen) atoms. The predicted molar refractivity (Wildman–Crippen MR) is 160 cm³/mol. The molecule has 0 bridgehead atoms. The van der Waals surface area contributed by atoms with Gasteiger partial charge in [0.05, 0.1) is 7.11 Å². The Hall–Kier alpha value is -3.44. The van der Waals surface area contributed by atoms with E-state index in [1.807, 2.05) is 54.6 Å². The van der Waals surface area contributed by atoms with Crippen molar-refractivity contribution in [2.24, 2.45) is 5.92 Å². The number of rotatable bonds is 17. The summed E-state index contributed by atoms with van der Waals surface area (Å²) in [6.45, 7) is 3.81. The molecule has 0 saturated carbocycles. The quantitative estimate of drug-likeness (QED) is 0.132. The number of nitrogens with zero attached hydrogens (tertiary/aromatic N) is 1. The molecule has 1 saturated heterocycles. The van der Waals surface area contributed by atoms with Gasteiger partial charge in [0.1, 0.15) is 23.9 Å². The zero-order valence-corrected chi connectivity index (χ0v) is 23.9. The summed E-state index contributed by atoms with van der Waals surface area (Å²) >= 11 is 0. The van der Waals surface area contributed by atoms with Crippen LogP contribution in [0, 0.1) is 5.92 Å². The lowest BCUT2D eigenvalue weighted by atomic mass is 9.92. The molecule has 1 atom stereocenters. The van der Waals surface area contributed by atoms with Crippen LogP contribution in [0.1, 0.15) is 72.9 Å². The van der Waals surface area contributed by atoms with Gasteiger partial charge in [-0.3, -0.25) is 9.59 Å². The molecule has 5 heteroatoms. The Balaban J connectivity index is 1.20. The van der Waals surface area contributed by atoms with E-state index in [4.69, 9.17) is 9.47 Å². The second kappa shape index (κ2) is 16.0. The van der Waals surface area contributed by atoms with Gasteiger partial charge in [-0.15, -0.1) is 0 Å². The molecule has 3 aromatic carbocycles. The number of ketones is 2. The number of hydrogen-bond donors (Lipinski definition) is 0. The summed E-state index contributed by atoms with van der Waals surface area (Å²) in [6, 6.07) is 25.8. The van der Waals surface area contributed by atoms with Crippen molar-refractivity contribution in [3.8, 4) is 11.5 Å². The largest absolute Gasteiger partial charge is 0.497 e. The Bertz CT molecular complexity index is 1170. The minimum atomic E-state index is 0.149. The highest BCUT2D eigenvalue weighted by Gasteiger charge is 2.20. The molecule has 3 aromatic rings. The molecule has 4 rings (SSSR count). The van der Waals surface area contributed by atoms with Crippen LogP contribution in [0.2, 0.25) is 0 Å². The van der Waals surface area contributed by atoms with Crippen LogP contribution >= 0.6 is 0 Å². The van der Waals surface area contributed by atoms with Gasteiger partial charge in [-0.25, -0.2) is 0 Å². The minimum absolute atomic E-state index is 0.149. The Morgan fingerprint density at radius 2 is 1.45 bits per heavy atom. The first-order chi connectivity index (χ1) is 19.6. The van der Waals surface area contributed by atoms with Gasteiger partial charge in [-0.1, -0.05) is 48.9 Å². The summed E-state index contributed by atoms with van der Waals surface area (Å²) in [5, 5.41) is 0. The van der Waals surface area contributed by atoms with E-state index in [-0.39, 0.29) is 5.78 Å². The van der Waals surface area contributed by atoms with E-state index in [1.165, 1.54) is 18.4 Å². The van der Waals surface area contributed by atoms with Crippen molar-refractivity contribution >= 4 is 11.6 Å². The predicted octanol–water partition coefficient (Wildman–Crippen LogP) is 7.32. The second-order valence-corrected chi connectivity index (χ2v) is 11.0. The fourth-order valence-electron chi connectivity index (χ4n) is 5.46. The molecule has 1 heterocycles. The van der Waals surface area contributed by atoms with Crippen LogP contribution in [0.5, 0.6) is 11.5 Å². The molecular formula is C35H43NO4. The Kier molecular flexibility index (Phi) is 11.8. The van der Waals surface area contributed by atoms with E-state index in [1.54, 1.807) is 7.11 Å². The van der Waals surface area contributed by atoms with Crippen molar-refractivity contribution in [3.63, 3.8) is 0 Å². The molecule has 1 aliphatic heterocycles. The van der Waals surface area contributed by atoms with Crippen molar-refractivity contribution in [3.05, 3.63) is 95.6 Å². The normalized spacial score (nSPS) is 14.1. The molecule has 0 N–H and O–H groups in total. The number of carbonyl (C=O) groups is 2. The average Bonchev–Trinajstić information content (AvgIpc) is 3.50. The van der Waals surface area contributed by atoms with Crippen LogP contribution in [0.4, 0.5) is 0 Å². The first-order valence-corrected chi connectivity index (χ1v) is 14.8. The van der Waals surface area contributed by atoms with Gasteiger partial charge >= 0.3 is 0 Å². The van der Waals surface area contributed by atoms with E-state index in [9.17, 15) is 9.59 Å². The summed E-state index contributed by atoms with van der Waals surface area (Å²) in [7, 11) is 1.62. The summed E-state index contributed by atoms with van der Waals surface area (Å²) in [5.74, 6) is 2.43. The topological polar surface area (TPSA) is 55.8 Å². The van der Waals surface area contributed by atoms with E-state index in [0.717, 1.165) is 67.9 Å². The third kappa shape index (κ3) is 9.95. The first-order valence-electron chi connectivity index (χ1n) is 14.8. The van der Waals surface area contributed by atoms with Crippen molar-refractivity contribution in [2.45, 2.75) is 64.4 Å². The second-order valence-electron chi connectivity index (χ2n) is 11.0. The molecular weight excluding hydrogens is 498 g/mol. The molecule has 1 aliphatic rings. The summed E-state index contributed by atoms with van der Waals surface area (Å²) in [4.78, 5) is 27.9. The number of Topliss-reactive ketones (excluding diaryl/α,β-unsaturated/α-hetero) is 2. The lowest BCUT2D eigenvalue weighted by Crippen LogP contribution is -2.29. The van der Waals surface area contributed by atoms with Gasteiger partial charge in [0, 0.05) is 31.4 Å². The fraction of sp³-hybridized carbons (Fsp3) is 0.429. The van der Waals surface area contributed by atoms with Gasteiger partial charge in [0.2, 0.25) is 0 Å². The first kappa shape index (κ1) is 29.5. The number of methoxy groups -OCH3 is 1. The number of hydrogen-bond acceptors (Lipinski definition) is 5. The number of ether oxygens (including phenoxy) is 2. The summed E-state index contributed by atoms with van der Waals surface area (Å²) in [5.41, 5.74) is 3.12. The van der Waals surface area contributed by atoms with Crippen molar-refractivity contribution in [2.75, 3.05) is 26.7 Å². The molecule has 0 radical (unpaired) electrons. The molecule has 212 valence electrons. The van der Waals surface area contributed by atoms with Gasteiger partial charge in [0.25, 0.3) is 0 Å². The maximum Gasteiger partial charge on any atom is 0.162 e. The van der Waals surface area contributed by atoms with E-state index < -0.39 is 0 Å². The van der Waals surface area contributed by atoms with Crippen molar-refractivity contribution in [1.82, 2.24) is 4.90 Å². The third-order valence-electron chi connectivity index (χ3n) is 7.70. The molecule has 0 amide bonds. The highest BCUT2D eigenvalue weighted by molar-refractivity contribution is 5.96. The maximum absolute atomic E-state index is 13.0. The lowest BCUT2D eigenvalue weighted by Gasteiger charge is -2.23. The van der Waals surface area contributed by atoms with Crippen LogP contribution in [-0.4, -0.2) is 43.2 Å². The van der Waals surface area contributed by atoms with Gasteiger partial charge in [-0.05, 0) is 98.6 Å². The number of benzene rings is 3. The number of unbranched alkanes of at least 4 members (excludes halogenated alkanes) is 2. The Morgan fingerprint density at radius 3 is 2.15 bits per heavy atom. The molecule has 1 fully saturated rings. The van der Waals surface area contributed by atoms with Crippen molar-refractivity contribution < 1.29 is 19.1 Å². The third-order valence-corrected chi connectivity index (χ3v) is 7.70. The van der Waals surface area contributed by atoms with Crippen LogP contribution < -0.4 is 9.47 Å². The summed E-state index contributed by atoms with van der Waals surface area (Å²) in [6.07, 6.45) is 7.70. The number of likely N-dealkylation sites (tertiary alicyclic amines) is 1. The van der Waals surface area contributed by atoms with Gasteiger partial charge in [0.15, 0.2) is 5.78 Å². The van der Waals surface area contributed by atoms with Gasteiger partial charge < -0.3 is 14.4 Å². The van der Waals surface area contributed by atoms with E-state index in [2.05, 4.69) is 29.2 Å². The maximum atomic E-state index is 13.0. The zero-order valence-electron chi connectivity index (χ0n) is 23.9. The Morgan fingerprint density at radius 1 is 0.775 bits per heavy atom. The molecule has 5 nitrogen and oxygen atoms in total.